The van der Waals surface area contributed by atoms with E-state index in [4.69, 9.17) is 4.74 Å². The standard InChI is InChI=1S/C18H27N3O3/c1-4-24-16-9-6-5-8-15(16)19-18(23)21-11-7-10-20(12-13-21)17(22)14(2)3/h5-6,8-9,14H,4,7,10-13H2,1-3H3,(H,19,23). The summed E-state index contributed by atoms with van der Waals surface area (Å²) in [6, 6.07) is 7.26. The highest BCUT2D eigenvalue weighted by Gasteiger charge is 2.23. The summed E-state index contributed by atoms with van der Waals surface area (Å²) in [5.41, 5.74) is 0.670. The first kappa shape index (κ1) is 18.1. The minimum Gasteiger partial charge on any atom is -0.492 e. The summed E-state index contributed by atoms with van der Waals surface area (Å²) in [4.78, 5) is 28.3. The molecule has 1 heterocycles. The van der Waals surface area contributed by atoms with Gasteiger partial charge in [-0.05, 0) is 25.5 Å². The maximum atomic E-state index is 12.5. The number of carbonyl (C=O) groups is 2. The molecule has 0 aromatic heterocycles. The first-order valence-electron chi connectivity index (χ1n) is 8.59. The first-order valence-corrected chi connectivity index (χ1v) is 8.59. The van der Waals surface area contributed by atoms with Crippen LogP contribution in [0.15, 0.2) is 24.3 Å². The van der Waals surface area contributed by atoms with Crippen LogP contribution in [0.5, 0.6) is 5.75 Å². The van der Waals surface area contributed by atoms with Gasteiger partial charge in [0.05, 0.1) is 12.3 Å². The molecular formula is C18H27N3O3. The molecule has 1 aliphatic heterocycles. The summed E-state index contributed by atoms with van der Waals surface area (Å²) in [6.07, 6.45) is 0.791. The monoisotopic (exact) mass is 333 g/mol. The topological polar surface area (TPSA) is 61.9 Å². The Kier molecular flexibility index (Phi) is 6.46. The van der Waals surface area contributed by atoms with Gasteiger partial charge in [-0.15, -0.1) is 0 Å². The van der Waals surface area contributed by atoms with E-state index in [-0.39, 0.29) is 17.9 Å². The summed E-state index contributed by atoms with van der Waals surface area (Å²) in [5.74, 6) is 0.808. The van der Waals surface area contributed by atoms with Gasteiger partial charge in [0, 0.05) is 32.1 Å². The molecule has 3 amide bonds. The maximum absolute atomic E-state index is 12.5. The molecule has 0 atom stereocenters. The SMILES string of the molecule is CCOc1ccccc1NC(=O)N1CCCN(C(=O)C(C)C)CC1. The number of hydrogen-bond acceptors (Lipinski definition) is 3. The number of carbonyl (C=O) groups excluding carboxylic acids is 2. The predicted octanol–water partition coefficient (Wildman–Crippen LogP) is 2.81. The van der Waals surface area contributed by atoms with Crippen molar-refractivity contribution in [3.63, 3.8) is 0 Å². The Morgan fingerprint density at radius 3 is 2.50 bits per heavy atom. The number of rotatable bonds is 4. The molecule has 1 fully saturated rings. The van der Waals surface area contributed by atoms with E-state index in [0.717, 1.165) is 6.42 Å². The van der Waals surface area contributed by atoms with Crippen LogP contribution in [0.25, 0.3) is 0 Å². The lowest BCUT2D eigenvalue weighted by Gasteiger charge is -2.24. The highest BCUT2D eigenvalue weighted by Crippen LogP contribution is 2.24. The smallest absolute Gasteiger partial charge is 0.322 e. The molecule has 0 spiro atoms. The zero-order chi connectivity index (χ0) is 17.5. The number of urea groups is 1. The molecule has 24 heavy (non-hydrogen) atoms. The number of anilines is 1. The number of benzene rings is 1. The molecule has 6 nitrogen and oxygen atoms in total. The van der Waals surface area contributed by atoms with Crippen LogP contribution in [0.1, 0.15) is 27.2 Å². The van der Waals surface area contributed by atoms with Crippen molar-refractivity contribution >= 4 is 17.6 Å². The Labute approximate surface area is 143 Å². The van der Waals surface area contributed by atoms with Gasteiger partial charge in [-0.1, -0.05) is 26.0 Å². The molecular weight excluding hydrogens is 306 g/mol. The van der Waals surface area contributed by atoms with E-state index in [1.165, 1.54) is 0 Å². The van der Waals surface area contributed by atoms with E-state index >= 15 is 0 Å². The second-order valence-electron chi connectivity index (χ2n) is 6.18. The molecule has 1 aromatic rings. The third-order valence-electron chi connectivity index (χ3n) is 4.02. The molecule has 1 saturated heterocycles. The van der Waals surface area contributed by atoms with Gasteiger partial charge < -0.3 is 19.9 Å². The molecule has 1 aromatic carbocycles. The molecule has 0 unspecified atom stereocenters. The van der Waals surface area contributed by atoms with Crippen LogP contribution < -0.4 is 10.1 Å². The van der Waals surface area contributed by atoms with Crippen LogP contribution in [-0.2, 0) is 4.79 Å². The van der Waals surface area contributed by atoms with Crippen LogP contribution in [0.3, 0.4) is 0 Å². The molecule has 132 valence electrons. The normalized spacial score (nSPS) is 15.2. The predicted molar refractivity (Wildman–Crippen MR) is 94.2 cm³/mol. The van der Waals surface area contributed by atoms with E-state index in [0.29, 0.717) is 44.2 Å². The van der Waals surface area contributed by atoms with Gasteiger partial charge in [0.2, 0.25) is 5.91 Å². The van der Waals surface area contributed by atoms with Gasteiger partial charge >= 0.3 is 6.03 Å². The number of amides is 3. The summed E-state index contributed by atoms with van der Waals surface area (Å²) in [7, 11) is 0. The van der Waals surface area contributed by atoms with Crippen molar-refractivity contribution < 1.29 is 14.3 Å². The first-order chi connectivity index (χ1) is 11.5. The Bertz CT molecular complexity index is 574. The summed E-state index contributed by atoms with van der Waals surface area (Å²) < 4.78 is 5.54. The number of hydrogen-bond donors (Lipinski definition) is 1. The van der Waals surface area contributed by atoms with Gasteiger partial charge in [-0.3, -0.25) is 4.79 Å². The number of para-hydroxylation sites is 2. The van der Waals surface area contributed by atoms with Crippen LogP contribution in [-0.4, -0.2) is 54.5 Å². The third-order valence-corrected chi connectivity index (χ3v) is 4.02. The quantitative estimate of drug-likeness (QED) is 0.921. The molecule has 0 bridgehead atoms. The van der Waals surface area contributed by atoms with Crippen molar-refractivity contribution in [2.24, 2.45) is 5.92 Å². The zero-order valence-corrected chi connectivity index (χ0v) is 14.7. The lowest BCUT2D eigenvalue weighted by atomic mass is 10.2. The van der Waals surface area contributed by atoms with Gasteiger partial charge in [0.1, 0.15) is 5.75 Å². The van der Waals surface area contributed by atoms with Crippen molar-refractivity contribution in [1.82, 2.24) is 9.80 Å². The van der Waals surface area contributed by atoms with Crippen LogP contribution >= 0.6 is 0 Å². The van der Waals surface area contributed by atoms with Crippen molar-refractivity contribution in [2.75, 3.05) is 38.1 Å². The summed E-state index contributed by atoms with van der Waals surface area (Å²) in [5, 5.41) is 2.92. The fraction of sp³-hybridized carbons (Fsp3) is 0.556. The highest BCUT2D eigenvalue weighted by atomic mass is 16.5. The van der Waals surface area contributed by atoms with E-state index < -0.39 is 0 Å². The molecule has 1 aliphatic rings. The van der Waals surface area contributed by atoms with Crippen LogP contribution in [0.2, 0.25) is 0 Å². The Morgan fingerprint density at radius 2 is 1.79 bits per heavy atom. The maximum Gasteiger partial charge on any atom is 0.322 e. The Morgan fingerprint density at radius 1 is 1.12 bits per heavy atom. The second-order valence-corrected chi connectivity index (χ2v) is 6.18. The van der Waals surface area contributed by atoms with E-state index in [1.807, 2.05) is 49.9 Å². The molecule has 0 radical (unpaired) electrons. The average Bonchev–Trinajstić information content (AvgIpc) is 2.82. The lowest BCUT2D eigenvalue weighted by Crippen LogP contribution is -2.40. The zero-order valence-electron chi connectivity index (χ0n) is 14.7. The molecule has 0 aliphatic carbocycles. The summed E-state index contributed by atoms with van der Waals surface area (Å²) >= 11 is 0. The number of nitrogens with one attached hydrogen (secondary N) is 1. The summed E-state index contributed by atoms with van der Waals surface area (Å²) in [6.45, 7) is 8.74. The minimum absolute atomic E-state index is 0.0107. The Hall–Kier alpha value is -2.24. The van der Waals surface area contributed by atoms with Gasteiger partial charge in [-0.25, -0.2) is 4.79 Å². The number of nitrogens with zero attached hydrogens (tertiary/aromatic N) is 2. The van der Waals surface area contributed by atoms with Gasteiger partial charge in [-0.2, -0.15) is 0 Å². The van der Waals surface area contributed by atoms with Gasteiger partial charge in [0.25, 0.3) is 0 Å². The van der Waals surface area contributed by atoms with Crippen molar-refractivity contribution in [1.29, 1.82) is 0 Å². The highest BCUT2D eigenvalue weighted by molar-refractivity contribution is 5.91. The van der Waals surface area contributed by atoms with E-state index in [9.17, 15) is 9.59 Å². The fourth-order valence-electron chi connectivity index (χ4n) is 2.75. The molecule has 2 rings (SSSR count). The second kappa shape index (κ2) is 8.57. The largest absolute Gasteiger partial charge is 0.492 e. The van der Waals surface area contributed by atoms with Crippen LogP contribution in [0, 0.1) is 5.92 Å². The third kappa shape index (κ3) is 4.63. The van der Waals surface area contributed by atoms with E-state index in [1.54, 1.807) is 4.90 Å². The average molecular weight is 333 g/mol. The molecule has 0 saturated carbocycles. The Balaban J connectivity index is 1.97. The lowest BCUT2D eigenvalue weighted by molar-refractivity contribution is -0.134. The number of ether oxygens (including phenoxy) is 1. The van der Waals surface area contributed by atoms with Gasteiger partial charge in [0.15, 0.2) is 0 Å². The van der Waals surface area contributed by atoms with Crippen molar-refractivity contribution in [2.45, 2.75) is 27.2 Å². The van der Waals surface area contributed by atoms with E-state index in [2.05, 4.69) is 5.32 Å². The molecule has 6 heteroatoms. The fourth-order valence-corrected chi connectivity index (χ4v) is 2.75. The van der Waals surface area contributed by atoms with Crippen LogP contribution in [0.4, 0.5) is 10.5 Å². The van der Waals surface area contributed by atoms with Crippen molar-refractivity contribution in [3.05, 3.63) is 24.3 Å². The minimum atomic E-state index is -0.152. The van der Waals surface area contributed by atoms with Crippen molar-refractivity contribution in [3.8, 4) is 5.75 Å². The molecule has 1 N–H and O–H groups in total.